The van der Waals surface area contributed by atoms with Crippen LogP contribution in [0.5, 0.6) is 0 Å². The van der Waals surface area contributed by atoms with Gasteiger partial charge in [0, 0.05) is 17.3 Å². The summed E-state index contributed by atoms with van der Waals surface area (Å²) in [6.45, 7) is 16.4. The van der Waals surface area contributed by atoms with Crippen LogP contribution in [0.25, 0.3) is 0 Å². The van der Waals surface area contributed by atoms with Gasteiger partial charge in [-0.05, 0) is 109 Å². The predicted octanol–water partition coefficient (Wildman–Crippen LogP) is 6.38. The van der Waals surface area contributed by atoms with Gasteiger partial charge in [-0.15, -0.1) is 0 Å². The van der Waals surface area contributed by atoms with Gasteiger partial charge in [0.15, 0.2) is 0 Å². The van der Waals surface area contributed by atoms with E-state index in [0.717, 1.165) is 50.5 Å². The minimum absolute atomic E-state index is 0.0439. The van der Waals surface area contributed by atoms with Crippen LogP contribution in [0.1, 0.15) is 98.8 Å². The van der Waals surface area contributed by atoms with E-state index in [-0.39, 0.29) is 39.6 Å². The third-order valence-electron chi connectivity index (χ3n) is 13.2. The second-order valence-corrected chi connectivity index (χ2v) is 14.2. The van der Waals surface area contributed by atoms with Gasteiger partial charge in [-0.1, -0.05) is 41.2 Å². The number of carbonyl (C=O) groups excluding carboxylic acids is 2. The number of rotatable bonds is 3. The highest BCUT2D eigenvalue weighted by atomic mass is 16.3. The number of Topliss-reactive ketones (excluding diaryl/α,β-unsaturated/α-hetero) is 1. The van der Waals surface area contributed by atoms with Gasteiger partial charge in [-0.2, -0.15) is 0 Å². The summed E-state index contributed by atoms with van der Waals surface area (Å²) in [4.78, 5) is 25.5. The molecule has 0 spiro atoms. The largest absolute Gasteiger partial charge is 0.392 e. The van der Waals surface area contributed by atoms with Gasteiger partial charge in [0.1, 0.15) is 12.1 Å². The van der Waals surface area contributed by atoms with Crippen LogP contribution >= 0.6 is 0 Å². The molecule has 0 unspecified atom stereocenters. The van der Waals surface area contributed by atoms with Crippen molar-refractivity contribution in [2.45, 2.75) is 98.8 Å². The molecule has 5 fully saturated rings. The van der Waals surface area contributed by atoms with Gasteiger partial charge in [0.05, 0.1) is 6.61 Å². The summed E-state index contributed by atoms with van der Waals surface area (Å²) in [6, 6.07) is 0. The highest BCUT2D eigenvalue weighted by molar-refractivity contribution is 5.85. The molecule has 5 saturated carbocycles. The molecule has 0 bridgehead atoms. The SMILES string of the molecule is C=C(CO)[C@@H]1CC[C@]2(C=O)CC[C@]3(C)[C@H](CC[C@@H]4[C@@]5(C)CCC(=O)C(C)(C)[C@@H]5CC[C@]43C)[C@@H]12. The van der Waals surface area contributed by atoms with Crippen molar-refractivity contribution in [3.05, 3.63) is 12.2 Å². The van der Waals surface area contributed by atoms with Crippen LogP contribution in [0, 0.1) is 56.7 Å². The normalized spacial score (nSPS) is 52.8. The second kappa shape index (κ2) is 7.28. The van der Waals surface area contributed by atoms with Crippen molar-refractivity contribution in [3.63, 3.8) is 0 Å². The Labute approximate surface area is 201 Å². The summed E-state index contributed by atoms with van der Waals surface area (Å²) >= 11 is 0. The lowest BCUT2D eigenvalue weighted by Gasteiger charge is -2.72. The Morgan fingerprint density at radius 2 is 1.67 bits per heavy atom. The number of fused-ring (bicyclic) bond motifs is 7. The first-order chi connectivity index (χ1) is 15.4. The van der Waals surface area contributed by atoms with Crippen molar-refractivity contribution in [1.29, 1.82) is 0 Å². The molecule has 0 heterocycles. The van der Waals surface area contributed by atoms with Gasteiger partial charge < -0.3 is 9.90 Å². The molecular weight excluding hydrogens is 408 g/mol. The number of ketones is 1. The maximum absolute atomic E-state index is 12.9. The fourth-order valence-corrected chi connectivity index (χ4v) is 11.2. The molecule has 3 heteroatoms. The van der Waals surface area contributed by atoms with Crippen LogP contribution in [-0.2, 0) is 9.59 Å². The van der Waals surface area contributed by atoms with Crippen LogP contribution in [0.4, 0.5) is 0 Å². The van der Waals surface area contributed by atoms with Crippen molar-refractivity contribution in [1.82, 2.24) is 0 Å². The Morgan fingerprint density at radius 1 is 0.939 bits per heavy atom. The number of aldehydes is 1. The Balaban J connectivity index is 1.56. The average molecular weight is 455 g/mol. The fraction of sp³-hybridized carbons (Fsp3) is 0.867. The van der Waals surface area contributed by atoms with Crippen LogP contribution < -0.4 is 0 Å². The van der Waals surface area contributed by atoms with Gasteiger partial charge >= 0.3 is 0 Å². The summed E-state index contributed by atoms with van der Waals surface area (Å²) in [5.41, 5.74) is 1.19. The molecule has 5 aliphatic rings. The highest BCUT2D eigenvalue weighted by Gasteiger charge is 2.70. The van der Waals surface area contributed by atoms with Crippen molar-refractivity contribution in [2.24, 2.45) is 56.7 Å². The molecule has 0 aromatic rings. The van der Waals surface area contributed by atoms with Gasteiger partial charge in [-0.25, -0.2) is 0 Å². The van der Waals surface area contributed by atoms with E-state index in [9.17, 15) is 14.7 Å². The number of hydrogen-bond donors (Lipinski definition) is 1. The molecule has 0 saturated heterocycles. The monoisotopic (exact) mass is 454 g/mol. The summed E-state index contributed by atoms with van der Waals surface area (Å²) in [5.74, 6) is 2.73. The first kappa shape index (κ1) is 23.8. The molecule has 9 atom stereocenters. The van der Waals surface area contributed by atoms with Gasteiger partial charge in [-0.3, -0.25) is 4.79 Å². The van der Waals surface area contributed by atoms with Gasteiger partial charge in [0.25, 0.3) is 0 Å². The molecule has 0 aliphatic heterocycles. The number of aliphatic hydroxyl groups is 1. The van der Waals surface area contributed by atoms with Crippen LogP contribution in [0.3, 0.4) is 0 Å². The lowest BCUT2D eigenvalue weighted by atomic mass is 9.32. The van der Waals surface area contributed by atoms with E-state index in [4.69, 9.17) is 0 Å². The fourth-order valence-electron chi connectivity index (χ4n) is 11.2. The number of hydrogen-bond acceptors (Lipinski definition) is 3. The highest BCUT2D eigenvalue weighted by Crippen LogP contribution is 2.77. The zero-order chi connectivity index (χ0) is 24.0. The Hall–Kier alpha value is -0.960. The van der Waals surface area contributed by atoms with E-state index < -0.39 is 0 Å². The zero-order valence-corrected chi connectivity index (χ0v) is 21.7. The standard InChI is InChI=1S/C30H46O3/c1-19(17-31)20-9-14-30(18-32)16-15-28(5)21(25(20)30)7-8-23-27(4)12-11-24(33)26(2,3)22(27)10-13-29(23,28)6/h18,20-23,25,31H,1,7-17H2,2-6H3/t20-,21+,22-,23+,25+,27-,28+,29+,30+/m0/s1. The summed E-state index contributed by atoms with van der Waals surface area (Å²) in [5, 5.41) is 9.96. The van der Waals surface area contributed by atoms with E-state index in [0.29, 0.717) is 29.5 Å². The van der Waals surface area contributed by atoms with Crippen molar-refractivity contribution in [3.8, 4) is 0 Å². The molecule has 0 aromatic heterocycles. The molecule has 5 aliphatic carbocycles. The topological polar surface area (TPSA) is 54.4 Å². The summed E-state index contributed by atoms with van der Waals surface area (Å²) < 4.78 is 0. The minimum atomic E-state index is -0.212. The van der Waals surface area contributed by atoms with Crippen LogP contribution in [0.15, 0.2) is 12.2 Å². The van der Waals surface area contributed by atoms with Crippen LogP contribution in [0.2, 0.25) is 0 Å². The van der Waals surface area contributed by atoms with E-state index >= 15 is 0 Å². The lowest BCUT2D eigenvalue weighted by molar-refractivity contribution is -0.231. The quantitative estimate of drug-likeness (QED) is 0.397. The minimum Gasteiger partial charge on any atom is -0.392 e. The second-order valence-electron chi connectivity index (χ2n) is 14.2. The third kappa shape index (κ3) is 2.78. The summed E-state index contributed by atoms with van der Waals surface area (Å²) in [6.07, 6.45) is 12.0. The van der Waals surface area contributed by atoms with Crippen molar-refractivity contribution >= 4 is 12.1 Å². The van der Waals surface area contributed by atoms with E-state index in [1.807, 2.05) is 0 Å². The van der Waals surface area contributed by atoms with Crippen molar-refractivity contribution < 1.29 is 14.7 Å². The van der Waals surface area contributed by atoms with Crippen LogP contribution in [-0.4, -0.2) is 23.8 Å². The summed E-state index contributed by atoms with van der Waals surface area (Å²) in [7, 11) is 0. The zero-order valence-electron chi connectivity index (χ0n) is 21.7. The van der Waals surface area contributed by atoms with E-state index in [2.05, 4.69) is 41.2 Å². The first-order valence-electron chi connectivity index (χ1n) is 13.7. The average Bonchev–Trinajstić information content (AvgIpc) is 3.17. The Morgan fingerprint density at radius 3 is 2.33 bits per heavy atom. The molecule has 1 N–H and O–H groups in total. The van der Waals surface area contributed by atoms with E-state index in [1.54, 1.807) is 0 Å². The molecule has 0 aromatic carbocycles. The third-order valence-corrected chi connectivity index (χ3v) is 13.2. The smallest absolute Gasteiger partial charge is 0.138 e. The van der Waals surface area contributed by atoms with E-state index in [1.165, 1.54) is 25.5 Å². The molecule has 0 radical (unpaired) electrons. The first-order valence-corrected chi connectivity index (χ1v) is 13.7. The number of carbonyl (C=O) groups is 2. The predicted molar refractivity (Wildman–Crippen MR) is 131 cm³/mol. The maximum atomic E-state index is 12.9. The molecule has 184 valence electrons. The van der Waals surface area contributed by atoms with Crippen molar-refractivity contribution in [2.75, 3.05) is 6.61 Å². The Bertz CT molecular complexity index is 874. The number of aliphatic hydroxyl groups excluding tert-OH is 1. The molecular formula is C30H46O3. The maximum Gasteiger partial charge on any atom is 0.138 e. The molecule has 3 nitrogen and oxygen atoms in total. The lowest BCUT2D eigenvalue weighted by Crippen LogP contribution is -2.66. The van der Waals surface area contributed by atoms with Gasteiger partial charge in [0.2, 0.25) is 0 Å². The molecule has 5 rings (SSSR count). The Kier molecular flexibility index (Phi) is 5.24. The molecule has 33 heavy (non-hydrogen) atoms. The molecule has 0 amide bonds.